The molecule has 1 fully saturated rings. The van der Waals surface area contributed by atoms with Gasteiger partial charge in [-0.25, -0.2) is 4.39 Å². The Bertz CT molecular complexity index is 1360. The van der Waals surface area contributed by atoms with Crippen LogP contribution >= 0.6 is 0 Å². The molecule has 0 radical (unpaired) electrons. The third-order valence-electron chi connectivity index (χ3n) is 7.68. The molecule has 2 aliphatic heterocycles. The number of aliphatic carboxylic acids is 1. The highest BCUT2D eigenvalue weighted by atomic mass is 19.1. The highest BCUT2D eigenvalue weighted by molar-refractivity contribution is 5.95. The average molecular weight is 549 g/mol. The van der Waals surface area contributed by atoms with E-state index in [0.29, 0.717) is 36.8 Å². The number of carbonyl (C=O) groups excluding carboxylic acids is 1. The lowest BCUT2D eigenvalue weighted by Crippen LogP contribution is -2.42. The van der Waals surface area contributed by atoms with E-state index in [4.69, 9.17) is 14.2 Å². The zero-order chi connectivity index (χ0) is 28.2. The maximum atomic E-state index is 14.8. The summed E-state index contributed by atoms with van der Waals surface area (Å²) in [5.41, 5.74) is 1.78. The van der Waals surface area contributed by atoms with Crippen LogP contribution in [0, 0.1) is 11.7 Å². The molecule has 0 aliphatic carbocycles. The lowest BCUT2D eigenvalue weighted by Gasteiger charge is -2.30. The molecule has 0 unspecified atom stereocenters. The monoisotopic (exact) mass is 548 g/mol. The molecule has 3 atom stereocenters. The zero-order valence-electron chi connectivity index (χ0n) is 22.6. The van der Waals surface area contributed by atoms with E-state index in [1.165, 1.54) is 11.0 Å². The molecule has 210 valence electrons. The Labute approximate surface area is 232 Å². The number of unbranched alkanes of at least 4 members (excludes halogenated alkanes) is 1. The first-order valence-corrected chi connectivity index (χ1v) is 13.5. The van der Waals surface area contributed by atoms with Crippen LogP contribution in [0.25, 0.3) is 0 Å². The number of anilines is 1. The molecule has 3 aromatic rings. The highest BCUT2D eigenvalue weighted by Crippen LogP contribution is 2.48. The van der Waals surface area contributed by atoms with Crippen LogP contribution in [0.5, 0.6) is 17.2 Å². The smallest absolute Gasteiger partial charge is 0.309 e. The van der Waals surface area contributed by atoms with Crippen LogP contribution in [0.3, 0.4) is 0 Å². The second-order valence-electron chi connectivity index (χ2n) is 10.1. The number of likely N-dealkylation sites (tertiary alicyclic amines) is 1. The van der Waals surface area contributed by atoms with E-state index in [1.54, 1.807) is 43.5 Å². The Morgan fingerprint density at radius 2 is 1.77 bits per heavy atom. The standard InChI is InChI=1S/C31H33FN2O6/c1-3-4-15-34(25-8-6-5-7-24(25)32)28(35)18-33-17-23(21-11-14-26-27(16-21)40-19-39-26)29(31(36)37)30(33)20-9-12-22(38-2)13-10-20/h5-14,16,23,29-30H,3-4,15,17-19H2,1-2H3,(H,36,37)/t23-,29+,30-/m1/s1. The van der Waals surface area contributed by atoms with E-state index >= 15 is 0 Å². The molecule has 0 saturated carbocycles. The van der Waals surface area contributed by atoms with Crippen molar-refractivity contribution in [3.63, 3.8) is 0 Å². The number of carboxylic acids is 1. The van der Waals surface area contributed by atoms with Crippen LogP contribution in [-0.4, -0.2) is 55.4 Å². The summed E-state index contributed by atoms with van der Waals surface area (Å²) in [6.07, 6.45) is 1.54. The maximum absolute atomic E-state index is 14.8. The topological polar surface area (TPSA) is 88.5 Å². The molecule has 1 amide bonds. The Hall–Kier alpha value is -4.11. The molecule has 1 saturated heterocycles. The minimum Gasteiger partial charge on any atom is -0.497 e. The number of amides is 1. The molecule has 5 rings (SSSR count). The Kier molecular flexibility index (Phi) is 8.21. The second kappa shape index (κ2) is 12.0. The van der Waals surface area contributed by atoms with Crippen molar-refractivity contribution in [3.8, 4) is 17.2 Å². The number of carboxylic acid groups (broad SMARTS) is 1. The van der Waals surface area contributed by atoms with Gasteiger partial charge in [0.15, 0.2) is 11.5 Å². The minimum absolute atomic E-state index is 0.0699. The van der Waals surface area contributed by atoms with E-state index in [-0.39, 0.29) is 24.9 Å². The number of hydrogen-bond donors (Lipinski definition) is 1. The van der Waals surface area contributed by atoms with Gasteiger partial charge in [0.25, 0.3) is 0 Å². The summed E-state index contributed by atoms with van der Waals surface area (Å²) in [4.78, 5) is 30.0. The molecule has 0 bridgehead atoms. The summed E-state index contributed by atoms with van der Waals surface area (Å²) in [5.74, 6) is -1.16. The van der Waals surface area contributed by atoms with Gasteiger partial charge in [0.2, 0.25) is 12.7 Å². The number of carbonyl (C=O) groups is 2. The molecule has 0 spiro atoms. The van der Waals surface area contributed by atoms with Crippen molar-refractivity contribution in [2.24, 2.45) is 5.92 Å². The maximum Gasteiger partial charge on any atom is 0.309 e. The number of fused-ring (bicyclic) bond motifs is 1. The fourth-order valence-electron chi connectivity index (χ4n) is 5.70. The van der Waals surface area contributed by atoms with Crippen LogP contribution in [0.4, 0.5) is 10.1 Å². The zero-order valence-corrected chi connectivity index (χ0v) is 22.6. The Morgan fingerprint density at radius 1 is 1.05 bits per heavy atom. The highest BCUT2D eigenvalue weighted by Gasteiger charge is 2.48. The third kappa shape index (κ3) is 5.47. The van der Waals surface area contributed by atoms with E-state index in [9.17, 15) is 19.1 Å². The van der Waals surface area contributed by atoms with Crippen LogP contribution in [0.1, 0.15) is 42.9 Å². The van der Waals surface area contributed by atoms with Gasteiger partial charge in [0.05, 0.1) is 25.3 Å². The molecular weight excluding hydrogens is 515 g/mol. The number of halogens is 1. The number of methoxy groups -OCH3 is 1. The van der Waals surface area contributed by atoms with Gasteiger partial charge in [-0.2, -0.15) is 0 Å². The molecule has 2 aliphatic rings. The molecule has 8 nitrogen and oxygen atoms in total. The van der Waals surface area contributed by atoms with E-state index < -0.39 is 29.7 Å². The summed E-state index contributed by atoms with van der Waals surface area (Å²) >= 11 is 0. The lowest BCUT2D eigenvalue weighted by atomic mass is 9.82. The fourth-order valence-corrected chi connectivity index (χ4v) is 5.70. The van der Waals surface area contributed by atoms with Crippen molar-refractivity contribution in [3.05, 3.63) is 83.7 Å². The molecule has 3 aromatic carbocycles. The third-order valence-corrected chi connectivity index (χ3v) is 7.68. The predicted molar refractivity (Wildman–Crippen MR) is 147 cm³/mol. The Balaban J connectivity index is 1.51. The van der Waals surface area contributed by atoms with Crippen molar-refractivity contribution >= 4 is 17.6 Å². The molecular formula is C31H33FN2O6. The summed E-state index contributed by atoms with van der Waals surface area (Å²) in [6, 6.07) is 18.4. The number of benzene rings is 3. The Morgan fingerprint density at radius 3 is 2.48 bits per heavy atom. The number of rotatable bonds is 10. The summed E-state index contributed by atoms with van der Waals surface area (Å²) < 4.78 is 31.1. The lowest BCUT2D eigenvalue weighted by molar-refractivity contribution is -0.143. The van der Waals surface area contributed by atoms with Gasteiger partial charge in [0, 0.05) is 25.0 Å². The summed E-state index contributed by atoms with van der Waals surface area (Å²) in [6.45, 7) is 2.74. The van der Waals surface area contributed by atoms with Crippen molar-refractivity contribution in [2.45, 2.75) is 31.7 Å². The van der Waals surface area contributed by atoms with Crippen LogP contribution in [-0.2, 0) is 9.59 Å². The van der Waals surface area contributed by atoms with Gasteiger partial charge < -0.3 is 24.2 Å². The van der Waals surface area contributed by atoms with Gasteiger partial charge in [-0.3, -0.25) is 14.5 Å². The van der Waals surface area contributed by atoms with E-state index in [0.717, 1.165) is 17.5 Å². The van der Waals surface area contributed by atoms with Gasteiger partial charge in [-0.1, -0.05) is 43.7 Å². The van der Waals surface area contributed by atoms with Gasteiger partial charge >= 0.3 is 5.97 Å². The van der Waals surface area contributed by atoms with Crippen molar-refractivity contribution in [1.29, 1.82) is 0 Å². The molecule has 0 aromatic heterocycles. The fraction of sp³-hybridized carbons (Fsp3) is 0.355. The largest absolute Gasteiger partial charge is 0.497 e. The molecule has 2 heterocycles. The quantitative estimate of drug-likeness (QED) is 0.371. The van der Waals surface area contributed by atoms with Crippen molar-refractivity contribution < 1.29 is 33.3 Å². The van der Waals surface area contributed by atoms with Gasteiger partial charge in [0.1, 0.15) is 11.6 Å². The normalized spacial score (nSPS) is 19.9. The summed E-state index contributed by atoms with van der Waals surface area (Å²) in [7, 11) is 1.57. The van der Waals surface area contributed by atoms with Crippen LogP contribution in [0.15, 0.2) is 66.7 Å². The first kappa shape index (κ1) is 27.5. The molecule has 9 heteroatoms. The van der Waals surface area contributed by atoms with Gasteiger partial charge in [-0.15, -0.1) is 0 Å². The van der Waals surface area contributed by atoms with Crippen LogP contribution < -0.4 is 19.1 Å². The average Bonchev–Trinajstić information content (AvgIpc) is 3.58. The number of nitrogens with zero attached hydrogens (tertiary/aromatic N) is 2. The number of ether oxygens (including phenoxy) is 3. The second-order valence-corrected chi connectivity index (χ2v) is 10.1. The number of hydrogen-bond acceptors (Lipinski definition) is 6. The van der Waals surface area contributed by atoms with Crippen LogP contribution in [0.2, 0.25) is 0 Å². The molecule has 40 heavy (non-hydrogen) atoms. The van der Waals surface area contributed by atoms with Crippen molar-refractivity contribution in [1.82, 2.24) is 4.90 Å². The van der Waals surface area contributed by atoms with E-state index in [2.05, 4.69) is 0 Å². The first-order chi connectivity index (χ1) is 19.4. The van der Waals surface area contributed by atoms with Gasteiger partial charge in [-0.05, 0) is 53.9 Å². The minimum atomic E-state index is -0.963. The summed E-state index contributed by atoms with van der Waals surface area (Å²) in [5, 5.41) is 10.5. The SMILES string of the molecule is CCCCN(C(=O)CN1C[C@H](c2ccc3c(c2)OCO3)[C@H](C(=O)O)[C@H]1c1ccc(OC)cc1)c1ccccc1F. The molecule has 1 N–H and O–H groups in total. The van der Waals surface area contributed by atoms with E-state index in [1.807, 2.05) is 36.1 Å². The predicted octanol–water partition coefficient (Wildman–Crippen LogP) is 5.24. The first-order valence-electron chi connectivity index (χ1n) is 13.5. The van der Waals surface area contributed by atoms with Crippen molar-refractivity contribution in [2.75, 3.05) is 38.4 Å². The number of para-hydroxylation sites is 1.